The second-order valence-electron chi connectivity index (χ2n) is 5.31. The van der Waals surface area contributed by atoms with E-state index in [0.717, 1.165) is 23.8 Å². The molecule has 2 nitrogen and oxygen atoms in total. The highest BCUT2D eigenvalue weighted by Crippen LogP contribution is 2.19. The lowest BCUT2D eigenvalue weighted by atomic mass is 10.1. The predicted molar refractivity (Wildman–Crippen MR) is 79.0 cm³/mol. The molecule has 0 atom stereocenters. The summed E-state index contributed by atoms with van der Waals surface area (Å²) in [6.07, 6.45) is 2.46. The highest BCUT2D eigenvalue weighted by atomic mass is 15.0. The lowest BCUT2D eigenvalue weighted by Gasteiger charge is -2.10. The normalized spacial score (nSPS) is 11.1. The van der Waals surface area contributed by atoms with Crippen LogP contribution in [0.1, 0.15) is 32.3 Å². The molecule has 0 spiro atoms. The highest BCUT2D eigenvalue weighted by Gasteiger charge is 2.02. The lowest BCUT2D eigenvalue weighted by molar-refractivity contribution is 0.566. The van der Waals surface area contributed by atoms with Gasteiger partial charge in [0, 0.05) is 11.9 Å². The van der Waals surface area contributed by atoms with E-state index in [1.165, 1.54) is 23.8 Å². The summed E-state index contributed by atoms with van der Waals surface area (Å²) in [7, 11) is 0. The zero-order valence-corrected chi connectivity index (χ0v) is 11.5. The van der Waals surface area contributed by atoms with E-state index in [9.17, 15) is 0 Å². The lowest BCUT2D eigenvalue weighted by Crippen LogP contribution is -2.06. The van der Waals surface area contributed by atoms with Gasteiger partial charge in [0.05, 0.1) is 5.52 Å². The smallest absolute Gasteiger partial charge is 0.129 e. The summed E-state index contributed by atoms with van der Waals surface area (Å²) in [6.45, 7) is 7.65. The molecule has 1 heterocycles. The van der Waals surface area contributed by atoms with E-state index in [0.29, 0.717) is 0 Å². The Hall–Kier alpha value is -1.57. The van der Waals surface area contributed by atoms with Crippen LogP contribution in [-0.4, -0.2) is 11.5 Å². The number of nitrogens with one attached hydrogen (secondary N) is 1. The number of nitrogens with zero attached hydrogens (tertiary/aromatic N) is 1. The first-order valence-corrected chi connectivity index (χ1v) is 6.77. The number of aromatic nitrogens is 1. The van der Waals surface area contributed by atoms with Gasteiger partial charge in [-0.3, -0.25) is 0 Å². The SMILES string of the molecule is Cc1cc2ccccc2nc1NCCCC(C)C. The zero-order valence-electron chi connectivity index (χ0n) is 11.5. The molecule has 1 aromatic carbocycles. The third kappa shape index (κ3) is 3.22. The minimum Gasteiger partial charge on any atom is -0.370 e. The second kappa shape index (κ2) is 5.85. The Kier molecular flexibility index (Phi) is 4.19. The van der Waals surface area contributed by atoms with Crippen LogP contribution in [0.2, 0.25) is 0 Å². The first kappa shape index (κ1) is 12.9. The molecule has 0 saturated heterocycles. The van der Waals surface area contributed by atoms with Crippen LogP contribution >= 0.6 is 0 Å². The fourth-order valence-corrected chi connectivity index (χ4v) is 2.12. The van der Waals surface area contributed by atoms with Crippen molar-refractivity contribution in [2.24, 2.45) is 5.92 Å². The van der Waals surface area contributed by atoms with Crippen LogP contribution in [0, 0.1) is 12.8 Å². The van der Waals surface area contributed by atoms with Crippen molar-refractivity contribution >= 4 is 16.7 Å². The van der Waals surface area contributed by atoms with Gasteiger partial charge in [-0.25, -0.2) is 4.98 Å². The van der Waals surface area contributed by atoms with Crippen molar-refractivity contribution in [1.82, 2.24) is 4.98 Å². The average molecular weight is 242 g/mol. The van der Waals surface area contributed by atoms with Crippen LogP contribution in [0.3, 0.4) is 0 Å². The standard InChI is InChI=1S/C16H22N2/c1-12(2)7-6-10-17-16-13(3)11-14-8-4-5-9-15(14)18-16/h4-5,8-9,11-12H,6-7,10H2,1-3H3,(H,17,18). The number of aryl methyl sites for hydroxylation is 1. The summed E-state index contributed by atoms with van der Waals surface area (Å²) in [5, 5.41) is 4.66. The van der Waals surface area contributed by atoms with E-state index in [-0.39, 0.29) is 0 Å². The van der Waals surface area contributed by atoms with Crippen LogP contribution in [0.5, 0.6) is 0 Å². The van der Waals surface area contributed by atoms with Crippen molar-refractivity contribution in [2.75, 3.05) is 11.9 Å². The van der Waals surface area contributed by atoms with Gasteiger partial charge in [-0.05, 0) is 43.4 Å². The van der Waals surface area contributed by atoms with E-state index < -0.39 is 0 Å². The summed E-state index contributed by atoms with van der Waals surface area (Å²) in [5.41, 5.74) is 2.28. The van der Waals surface area contributed by atoms with Gasteiger partial charge in [0.15, 0.2) is 0 Å². The maximum absolute atomic E-state index is 4.68. The topological polar surface area (TPSA) is 24.9 Å². The monoisotopic (exact) mass is 242 g/mol. The van der Waals surface area contributed by atoms with E-state index >= 15 is 0 Å². The van der Waals surface area contributed by atoms with Crippen molar-refractivity contribution in [2.45, 2.75) is 33.6 Å². The Morgan fingerprint density at radius 1 is 1.22 bits per heavy atom. The maximum atomic E-state index is 4.68. The Labute approximate surface area is 109 Å². The third-order valence-corrected chi connectivity index (χ3v) is 3.17. The van der Waals surface area contributed by atoms with Crippen molar-refractivity contribution in [3.05, 3.63) is 35.9 Å². The number of para-hydroxylation sites is 1. The molecule has 18 heavy (non-hydrogen) atoms. The molecule has 1 N–H and O–H groups in total. The molecule has 0 aliphatic rings. The first-order chi connectivity index (χ1) is 8.66. The quantitative estimate of drug-likeness (QED) is 0.786. The van der Waals surface area contributed by atoms with Crippen molar-refractivity contribution in [3.8, 4) is 0 Å². The number of fused-ring (bicyclic) bond motifs is 1. The van der Waals surface area contributed by atoms with Gasteiger partial charge < -0.3 is 5.32 Å². The molecule has 0 radical (unpaired) electrons. The van der Waals surface area contributed by atoms with E-state index in [1.807, 2.05) is 6.07 Å². The molecular weight excluding hydrogens is 220 g/mol. The van der Waals surface area contributed by atoms with Gasteiger partial charge >= 0.3 is 0 Å². The molecule has 96 valence electrons. The molecule has 0 bridgehead atoms. The summed E-state index contributed by atoms with van der Waals surface area (Å²) >= 11 is 0. The molecule has 2 heteroatoms. The number of pyridine rings is 1. The zero-order chi connectivity index (χ0) is 13.0. The number of anilines is 1. The van der Waals surface area contributed by atoms with Crippen molar-refractivity contribution in [1.29, 1.82) is 0 Å². The summed E-state index contributed by atoms with van der Waals surface area (Å²) in [4.78, 5) is 4.68. The van der Waals surface area contributed by atoms with Crippen LogP contribution in [0.4, 0.5) is 5.82 Å². The number of rotatable bonds is 5. The van der Waals surface area contributed by atoms with Gasteiger partial charge in [-0.2, -0.15) is 0 Å². The number of hydrogen-bond acceptors (Lipinski definition) is 2. The first-order valence-electron chi connectivity index (χ1n) is 6.77. The Morgan fingerprint density at radius 2 is 2.00 bits per heavy atom. The molecule has 0 aliphatic heterocycles. The second-order valence-corrected chi connectivity index (χ2v) is 5.31. The minimum absolute atomic E-state index is 0.775. The molecule has 0 unspecified atom stereocenters. The van der Waals surface area contributed by atoms with Crippen molar-refractivity contribution < 1.29 is 0 Å². The van der Waals surface area contributed by atoms with E-state index in [2.05, 4.69) is 55.3 Å². The fraction of sp³-hybridized carbons (Fsp3) is 0.438. The Morgan fingerprint density at radius 3 is 2.78 bits per heavy atom. The van der Waals surface area contributed by atoms with Crippen LogP contribution < -0.4 is 5.32 Å². The van der Waals surface area contributed by atoms with Gasteiger partial charge in [0.25, 0.3) is 0 Å². The molecule has 0 aliphatic carbocycles. The van der Waals surface area contributed by atoms with Crippen molar-refractivity contribution in [3.63, 3.8) is 0 Å². The Balaban J connectivity index is 2.06. The molecular formula is C16H22N2. The summed E-state index contributed by atoms with van der Waals surface area (Å²) in [6, 6.07) is 10.5. The highest BCUT2D eigenvalue weighted by molar-refractivity contribution is 5.81. The number of benzene rings is 1. The van der Waals surface area contributed by atoms with Gasteiger partial charge in [0.1, 0.15) is 5.82 Å². The van der Waals surface area contributed by atoms with E-state index in [1.54, 1.807) is 0 Å². The summed E-state index contributed by atoms with van der Waals surface area (Å²) < 4.78 is 0. The third-order valence-electron chi connectivity index (χ3n) is 3.17. The van der Waals surface area contributed by atoms with Gasteiger partial charge in [-0.15, -0.1) is 0 Å². The number of hydrogen-bond donors (Lipinski definition) is 1. The van der Waals surface area contributed by atoms with Crippen LogP contribution in [0.15, 0.2) is 30.3 Å². The minimum atomic E-state index is 0.775. The van der Waals surface area contributed by atoms with Gasteiger partial charge in [0.2, 0.25) is 0 Å². The largest absolute Gasteiger partial charge is 0.370 e. The van der Waals surface area contributed by atoms with E-state index in [4.69, 9.17) is 0 Å². The fourth-order valence-electron chi connectivity index (χ4n) is 2.12. The molecule has 2 rings (SSSR count). The Bertz CT molecular complexity index is 517. The van der Waals surface area contributed by atoms with Gasteiger partial charge in [-0.1, -0.05) is 32.0 Å². The predicted octanol–water partition coefficient (Wildman–Crippen LogP) is 4.39. The molecule has 0 amide bonds. The summed E-state index contributed by atoms with van der Waals surface area (Å²) in [5.74, 6) is 1.80. The molecule has 1 aromatic heterocycles. The maximum Gasteiger partial charge on any atom is 0.129 e. The molecule has 0 fully saturated rings. The molecule has 2 aromatic rings. The van der Waals surface area contributed by atoms with Crippen LogP contribution in [-0.2, 0) is 0 Å². The molecule has 0 saturated carbocycles. The average Bonchev–Trinajstić information content (AvgIpc) is 2.34. The van der Waals surface area contributed by atoms with Crippen LogP contribution in [0.25, 0.3) is 10.9 Å².